The Hall–Kier alpha value is -1.02. The summed E-state index contributed by atoms with van der Waals surface area (Å²) in [7, 11) is 0. The van der Waals surface area contributed by atoms with Crippen molar-refractivity contribution in [3.8, 4) is 5.75 Å². The van der Waals surface area contributed by atoms with Crippen molar-refractivity contribution in [3.63, 3.8) is 0 Å². The maximum absolute atomic E-state index is 6.07. The molecule has 1 N–H and O–H groups in total. The molecular weight excluding hydrogens is 258 g/mol. The van der Waals surface area contributed by atoms with E-state index in [2.05, 4.69) is 65.1 Å². The molecule has 0 heterocycles. The molecule has 1 aromatic carbocycles. The highest BCUT2D eigenvalue weighted by Gasteiger charge is 2.19. The van der Waals surface area contributed by atoms with Gasteiger partial charge in [-0.1, -0.05) is 46.8 Å². The summed E-state index contributed by atoms with van der Waals surface area (Å²) >= 11 is 0. The van der Waals surface area contributed by atoms with Gasteiger partial charge in [0.2, 0.25) is 0 Å². The van der Waals surface area contributed by atoms with Gasteiger partial charge in [-0.2, -0.15) is 0 Å². The fraction of sp³-hybridized carbons (Fsp3) is 0.684. The van der Waals surface area contributed by atoms with Crippen LogP contribution in [0.1, 0.15) is 65.5 Å². The van der Waals surface area contributed by atoms with Crippen LogP contribution in [0.3, 0.4) is 0 Å². The van der Waals surface area contributed by atoms with E-state index in [1.807, 2.05) is 0 Å². The molecule has 0 bridgehead atoms. The highest BCUT2D eigenvalue weighted by molar-refractivity contribution is 5.41. The van der Waals surface area contributed by atoms with Crippen LogP contribution in [0.5, 0.6) is 5.75 Å². The van der Waals surface area contributed by atoms with Gasteiger partial charge in [0.15, 0.2) is 0 Å². The van der Waals surface area contributed by atoms with Crippen LogP contribution in [0, 0.1) is 0 Å². The highest BCUT2D eigenvalue weighted by atomic mass is 16.5. The molecular formula is C19H33NO. The molecule has 0 aliphatic carbocycles. The van der Waals surface area contributed by atoms with E-state index in [-0.39, 0.29) is 5.41 Å². The van der Waals surface area contributed by atoms with Crippen LogP contribution in [0.4, 0.5) is 0 Å². The third kappa shape index (κ3) is 6.09. The van der Waals surface area contributed by atoms with Gasteiger partial charge in [-0.25, -0.2) is 0 Å². The molecule has 0 saturated heterocycles. The van der Waals surface area contributed by atoms with Gasteiger partial charge < -0.3 is 10.1 Å². The lowest BCUT2D eigenvalue weighted by Crippen LogP contribution is -2.28. The van der Waals surface area contributed by atoms with Gasteiger partial charge >= 0.3 is 0 Å². The molecule has 0 radical (unpaired) electrons. The summed E-state index contributed by atoms with van der Waals surface area (Å²) in [5.41, 5.74) is 2.81. The SMILES string of the molecule is CCCNC(C)CCOc1ccc(CC)cc1C(C)(C)C. The molecule has 0 aliphatic heterocycles. The van der Waals surface area contributed by atoms with E-state index in [0.29, 0.717) is 6.04 Å². The second kappa shape index (κ2) is 8.43. The van der Waals surface area contributed by atoms with Crippen molar-refractivity contribution < 1.29 is 4.74 Å². The second-order valence-corrected chi connectivity index (χ2v) is 6.93. The van der Waals surface area contributed by atoms with Crippen molar-refractivity contribution in [1.29, 1.82) is 0 Å². The Bertz CT molecular complexity index is 420. The lowest BCUT2D eigenvalue weighted by molar-refractivity contribution is 0.283. The lowest BCUT2D eigenvalue weighted by Gasteiger charge is -2.24. The third-order valence-corrected chi connectivity index (χ3v) is 3.81. The smallest absolute Gasteiger partial charge is 0.123 e. The first kappa shape index (κ1) is 18.0. The largest absolute Gasteiger partial charge is 0.493 e. The minimum absolute atomic E-state index is 0.118. The highest BCUT2D eigenvalue weighted by Crippen LogP contribution is 2.32. The second-order valence-electron chi connectivity index (χ2n) is 6.93. The summed E-state index contributed by atoms with van der Waals surface area (Å²) in [6.45, 7) is 15.2. The number of hydrogen-bond acceptors (Lipinski definition) is 2. The molecule has 120 valence electrons. The van der Waals surface area contributed by atoms with Crippen molar-refractivity contribution in [3.05, 3.63) is 29.3 Å². The molecule has 2 nitrogen and oxygen atoms in total. The molecule has 0 aromatic heterocycles. The van der Waals surface area contributed by atoms with Crippen LogP contribution in [0.15, 0.2) is 18.2 Å². The predicted octanol–water partition coefficient (Wildman–Crippen LogP) is 4.70. The van der Waals surface area contributed by atoms with Crippen LogP contribution in [-0.2, 0) is 11.8 Å². The third-order valence-electron chi connectivity index (χ3n) is 3.81. The lowest BCUT2D eigenvalue weighted by atomic mass is 9.85. The number of ether oxygens (including phenoxy) is 1. The standard InChI is InChI=1S/C19H33NO/c1-7-12-20-15(3)11-13-21-18-10-9-16(8-2)14-17(18)19(4,5)6/h9-10,14-15,20H,7-8,11-13H2,1-6H3. The Morgan fingerprint density at radius 3 is 2.48 bits per heavy atom. The van der Waals surface area contributed by atoms with Crippen molar-refractivity contribution in [2.75, 3.05) is 13.2 Å². The average Bonchev–Trinajstić information content (AvgIpc) is 2.44. The molecule has 0 saturated carbocycles. The molecule has 0 fully saturated rings. The van der Waals surface area contributed by atoms with Crippen LogP contribution < -0.4 is 10.1 Å². The molecule has 0 aliphatic rings. The van der Waals surface area contributed by atoms with E-state index in [9.17, 15) is 0 Å². The summed E-state index contributed by atoms with van der Waals surface area (Å²) in [4.78, 5) is 0. The van der Waals surface area contributed by atoms with Gasteiger partial charge in [0.25, 0.3) is 0 Å². The molecule has 0 amide bonds. The molecule has 1 rings (SSSR count). The quantitative estimate of drug-likeness (QED) is 0.749. The zero-order chi connectivity index (χ0) is 15.9. The summed E-state index contributed by atoms with van der Waals surface area (Å²) in [5.74, 6) is 1.04. The topological polar surface area (TPSA) is 21.3 Å². The fourth-order valence-corrected chi connectivity index (χ4v) is 2.35. The molecule has 1 aromatic rings. The number of aryl methyl sites for hydroxylation is 1. The average molecular weight is 291 g/mol. The van der Waals surface area contributed by atoms with Crippen molar-refractivity contribution in [2.45, 2.75) is 72.3 Å². The van der Waals surface area contributed by atoms with Crippen molar-refractivity contribution >= 4 is 0 Å². The van der Waals surface area contributed by atoms with Crippen LogP contribution in [0.25, 0.3) is 0 Å². The number of nitrogens with one attached hydrogen (secondary N) is 1. The molecule has 21 heavy (non-hydrogen) atoms. The Labute approximate surface area is 131 Å². The van der Waals surface area contributed by atoms with Crippen molar-refractivity contribution in [1.82, 2.24) is 5.32 Å². The van der Waals surface area contributed by atoms with Gasteiger partial charge in [0.1, 0.15) is 5.75 Å². The molecule has 1 atom stereocenters. The maximum Gasteiger partial charge on any atom is 0.123 e. The van der Waals surface area contributed by atoms with Gasteiger partial charge in [-0.3, -0.25) is 0 Å². The maximum atomic E-state index is 6.07. The van der Waals surface area contributed by atoms with Gasteiger partial charge in [-0.05, 0) is 55.3 Å². The van der Waals surface area contributed by atoms with E-state index in [1.165, 1.54) is 17.5 Å². The fourth-order valence-electron chi connectivity index (χ4n) is 2.35. The monoisotopic (exact) mass is 291 g/mol. The van der Waals surface area contributed by atoms with E-state index < -0.39 is 0 Å². The first-order valence-electron chi connectivity index (χ1n) is 8.38. The number of benzene rings is 1. The van der Waals surface area contributed by atoms with E-state index in [0.717, 1.165) is 31.7 Å². The summed E-state index contributed by atoms with van der Waals surface area (Å²) in [6.07, 6.45) is 3.29. The van der Waals surface area contributed by atoms with Crippen LogP contribution in [0.2, 0.25) is 0 Å². The van der Waals surface area contributed by atoms with Gasteiger partial charge in [0, 0.05) is 6.04 Å². The zero-order valence-electron chi connectivity index (χ0n) is 14.8. The van der Waals surface area contributed by atoms with E-state index >= 15 is 0 Å². The molecule has 0 spiro atoms. The van der Waals surface area contributed by atoms with Crippen molar-refractivity contribution in [2.24, 2.45) is 0 Å². The van der Waals surface area contributed by atoms with E-state index in [4.69, 9.17) is 4.74 Å². The zero-order valence-corrected chi connectivity index (χ0v) is 14.8. The first-order chi connectivity index (χ1) is 9.88. The Morgan fingerprint density at radius 1 is 1.19 bits per heavy atom. The Morgan fingerprint density at radius 2 is 1.90 bits per heavy atom. The van der Waals surface area contributed by atoms with Crippen LogP contribution in [-0.4, -0.2) is 19.2 Å². The minimum Gasteiger partial charge on any atom is -0.493 e. The molecule has 1 unspecified atom stereocenters. The number of rotatable bonds is 8. The molecule has 2 heteroatoms. The van der Waals surface area contributed by atoms with Crippen LogP contribution >= 0.6 is 0 Å². The summed E-state index contributed by atoms with van der Waals surface area (Å²) < 4.78 is 6.07. The normalized spacial score (nSPS) is 13.2. The van der Waals surface area contributed by atoms with Gasteiger partial charge in [-0.15, -0.1) is 0 Å². The summed E-state index contributed by atoms with van der Waals surface area (Å²) in [6, 6.07) is 7.14. The van der Waals surface area contributed by atoms with Gasteiger partial charge in [0.05, 0.1) is 6.61 Å². The minimum atomic E-state index is 0.118. The number of hydrogen-bond donors (Lipinski definition) is 1. The Kier molecular flexibility index (Phi) is 7.24. The first-order valence-corrected chi connectivity index (χ1v) is 8.38. The predicted molar refractivity (Wildman–Crippen MR) is 92.4 cm³/mol. The Balaban J connectivity index is 2.66. The van der Waals surface area contributed by atoms with E-state index in [1.54, 1.807) is 0 Å². The summed E-state index contributed by atoms with van der Waals surface area (Å²) in [5, 5.41) is 3.50.